The summed E-state index contributed by atoms with van der Waals surface area (Å²) in [6.07, 6.45) is -13.0. The van der Waals surface area contributed by atoms with Gasteiger partial charge in [0.1, 0.15) is 10.5 Å². The molecule has 194 valence electrons. The van der Waals surface area contributed by atoms with Crippen LogP contribution in [0.25, 0.3) is 0 Å². The van der Waals surface area contributed by atoms with Crippen LogP contribution in [0.3, 0.4) is 0 Å². The second-order valence-electron chi connectivity index (χ2n) is 6.45. The Kier molecular flexibility index (Phi) is 8.37. The SMILES string of the molecule is CCC(CCC(F)(F)C(F)(F)C(F)(F)C(F)(F)C(F)(F)C(F)(F)C(F)(F)C(F)(F)F)O[SiH3]. The lowest BCUT2D eigenvalue weighted by Crippen LogP contribution is -2.74. The standard InChI is InChI=1S/C13H13F17OSi/c1-2-5(31-32)3-4-6(14,15)7(16,17)8(18,19)9(20,21)10(22,23)11(24,25)12(26,27)13(28,29)30/h5H,2-4H2,1,32H3. The summed E-state index contributed by atoms with van der Waals surface area (Å²) in [5.74, 6) is -55.9. The number of alkyl halides is 17. The minimum absolute atomic E-state index is 0.200. The number of hydrogen-bond donors (Lipinski definition) is 0. The van der Waals surface area contributed by atoms with Crippen molar-refractivity contribution in [3.8, 4) is 0 Å². The Morgan fingerprint density at radius 3 is 1.16 bits per heavy atom. The minimum atomic E-state index is -8.59. The molecule has 0 spiro atoms. The average Bonchev–Trinajstić information content (AvgIpc) is 2.60. The maximum absolute atomic E-state index is 13.6. The van der Waals surface area contributed by atoms with Gasteiger partial charge in [0.25, 0.3) is 0 Å². The van der Waals surface area contributed by atoms with Crippen molar-refractivity contribution in [2.24, 2.45) is 0 Å². The second kappa shape index (κ2) is 8.64. The van der Waals surface area contributed by atoms with Crippen LogP contribution in [0.4, 0.5) is 74.6 Å². The van der Waals surface area contributed by atoms with Gasteiger partial charge in [-0.25, -0.2) is 0 Å². The Bertz CT molecular complexity index is 637. The molecule has 0 saturated carbocycles. The first-order chi connectivity index (χ1) is 13.7. The van der Waals surface area contributed by atoms with Gasteiger partial charge < -0.3 is 4.43 Å². The van der Waals surface area contributed by atoms with Gasteiger partial charge >= 0.3 is 47.6 Å². The normalized spacial score (nSPS) is 17.1. The fourth-order valence-corrected chi connectivity index (χ4v) is 2.75. The van der Waals surface area contributed by atoms with E-state index in [0.29, 0.717) is 0 Å². The molecule has 0 saturated heterocycles. The molecule has 0 amide bonds. The van der Waals surface area contributed by atoms with E-state index in [2.05, 4.69) is 4.43 Å². The van der Waals surface area contributed by atoms with Gasteiger partial charge in [-0.2, -0.15) is 74.6 Å². The topological polar surface area (TPSA) is 9.23 Å². The summed E-state index contributed by atoms with van der Waals surface area (Å²) >= 11 is 0. The van der Waals surface area contributed by atoms with E-state index in [9.17, 15) is 74.6 Å². The Labute approximate surface area is 170 Å². The van der Waals surface area contributed by atoms with Gasteiger partial charge in [0.2, 0.25) is 0 Å². The molecule has 0 aliphatic heterocycles. The fraction of sp³-hybridized carbons (Fsp3) is 1.00. The predicted molar refractivity (Wildman–Crippen MR) is 75.0 cm³/mol. The first-order valence-electron chi connectivity index (χ1n) is 7.98. The lowest BCUT2D eigenvalue weighted by molar-refractivity contribution is -0.461. The molecular weight excluding hydrogens is 523 g/mol. The van der Waals surface area contributed by atoms with Gasteiger partial charge in [-0.3, -0.25) is 0 Å². The summed E-state index contributed by atoms with van der Waals surface area (Å²) < 4.78 is 227. The summed E-state index contributed by atoms with van der Waals surface area (Å²) in [5.41, 5.74) is 0. The molecular formula is C13H13F17OSi. The highest BCUT2D eigenvalue weighted by Gasteiger charge is 2.95. The van der Waals surface area contributed by atoms with Crippen molar-refractivity contribution in [1.29, 1.82) is 0 Å². The molecule has 0 aliphatic rings. The first-order valence-corrected chi connectivity index (χ1v) is 8.80. The van der Waals surface area contributed by atoms with Crippen LogP contribution in [0.1, 0.15) is 26.2 Å². The zero-order valence-electron chi connectivity index (χ0n) is 15.5. The summed E-state index contributed by atoms with van der Waals surface area (Å²) in [6, 6.07) is 0. The zero-order valence-corrected chi connectivity index (χ0v) is 17.5. The number of rotatable bonds is 11. The molecule has 32 heavy (non-hydrogen) atoms. The van der Waals surface area contributed by atoms with Crippen LogP contribution in [0.15, 0.2) is 0 Å². The van der Waals surface area contributed by atoms with Gasteiger partial charge in [0.15, 0.2) is 0 Å². The lowest BCUT2D eigenvalue weighted by atomic mass is 9.87. The monoisotopic (exact) mass is 536 g/mol. The Morgan fingerprint density at radius 2 is 0.875 bits per heavy atom. The Hall–Kier alpha value is -1.01. The summed E-state index contributed by atoms with van der Waals surface area (Å²) in [5, 5.41) is 0. The zero-order chi connectivity index (χ0) is 26.4. The average molecular weight is 536 g/mol. The molecule has 0 bridgehead atoms. The Morgan fingerprint density at radius 1 is 0.562 bits per heavy atom. The van der Waals surface area contributed by atoms with Gasteiger partial charge in [-0.05, 0) is 12.8 Å². The quantitative estimate of drug-likeness (QED) is 0.238. The molecule has 0 heterocycles. The highest BCUT2D eigenvalue weighted by Crippen LogP contribution is 2.64. The highest BCUT2D eigenvalue weighted by atomic mass is 28.2. The molecule has 0 rings (SSSR count). The third-order valence-electron chi connectivity index (χ3n) is 4.36. The van der Waals surface area contributed by atoms with E-state index >= 15 is 0 Å². The largest absolute Gasteiger partial charge is 0.460 e. The van der Waals surface area contributed by atoms with Crippen molar-refractivity contribution in [3.05, 3.63) is 0 Å². The van der Waals surface area contributed by atoms with E-state index in [-0.39, 0.29) is 16.9 Å². The Balaban J connectivity index is 6.47. The maximum Gasteiger partial charge on any atom is 0.460 e. The van der Waals surface area contributed by atoms with E-state index < -0.39 is 66.6 Å². The highest BCUT2D eigenvalue weighted by molar-refractivity contribution is 5.98. The summed E-state index contributed by atoms with van der Waals surface area (Å²) in [6.45, 7) is 1.21. The van der Waals surface area contributed by atoms with Crippen molar-refractivity contribution in [2.45, 2.75) is 79.9 Å². The van der Waals surface area contributed by atoms with Gasteiger partial charge in [0, 0.05) is 12.5 Å². The lowest BCUT2D eigenvalue weighted by Gasteiger charge is -2.43. The summed E-state index contributed by atoms with van der Waals surface area (Å²) in [7, 11) is -0.210. The van der Waals surface area contributed by atoms with Crippen molar-refractivity contribution in [2.75, 3.05) is 0 Å². The first kappa shape index (κ1) is 31.0. The molecule has 1 atom stereocenters. The van der Waals surface area contributed by atoms with Crippen LogP contribution in [0.2, 0.25) is 0 Å². The minimum Gasteiger partial charge on any atom is -0.425 e. The van der Waals surface area contributed by atoms with Crippen LogP contribution in [0, 0.1) is 0 Å². The smallest absolute Gasteiger partial charge is 0.425 e. The van der Waals surface area contributed by atoms with E-state index in [1.165, 1.54) is 6.92 Å². The van der Waals surface area contributed by atoms with E-state index in [4.69, 9.17) is 0 Å². The third-order valence-corrected chi connectivity index (χ3v) is 5.02. The van der Waals surface area contributed by atoms with E-state index in [1.807, 2.05) is 0 Å². The molecule has 1 nitrogen and oxygen atoms in total. The van der Waals surface area contributed by atoms with Crippen LogP contribution < -0.4 is 0 Å². The predicted octanol–water partition coefficient (Wildman–Crippen LogP) is 5.85. The van der Waals surface area contributed by atoms with E-state index in [0.717, 1.165) is 0 Å². The summed E-state index contributed by atoms with van der Waals surface area (Å²) in [4.78, 5) is 0. The fourth-order valence-electron chi connectivity index (χ4n) is 2.18. The van der Waals surface area contributed by atoms with Crippen LogP contribution in [-0.2, 0) is 4.43 Å². The van der Waals surface area contributed by atoms with Crippen LogP contribution in [0.5, 0.6) is 0 Å². The molecule has 0 radical (unpaired) electrons. The van der Waals surface area contributed by atoms with Gasteiger partial charge in [-0.15, -0.1) is 0 Å². The van der Waals surface area contributed by atoms with Gasteiger partial charge in [-0.1, -0.05) is 6.92 Å². The van der Waals surface area contributed by atoms with Crippen molar-refractivity contribution < 1.29 is 79.1 Å². The second-order valence-corrected chi connectivity index (χ2v) is 6.92. The molecule has 1 unspecified atom stereocenters. The van der Waals surface area contributed by atoms with Crippen molar-refractivity contribution in [1.82, 2.24) is 0 Å². The molecule has 0 aromatic carbocycles. The maximum atomic E-state index is 13.6. The molecule has 0 aliphatic carbocycles. The third kappa shape index (κ3) is 4.38. The van der Waals surface area contributed by atoms with Gasteiger partial charge in [0.05, 0.1) is 0 Å². The molecule has 0 fully saturated rings. The molecule has 0 aromatic heterocycles. The molecule has 19 heteroatoms. The van der Waals surface area contributed by atoms with Crippen molar-refractivity contribution >= 4 is 10.5 Å². The number of halogens is 17. The van der Waals surface area contributed by atoms with Crippen LogP contribution >= 0.6 is 0 Å². The van der Waals surface area contributed by atoms with Crippen LogP contribution in [-0.4, -0.2) is 64.2 Å². The van der Waals surface area contributed by atoms with Crippen molar-refractivity contribution in [3.63, 3.8) is 0 Å². The van der Waals surface area contributed by atoms with E-state index in [1.54, 1.807) is 0 Å². The molecule has 0 aromatic rings. The molecule has 0 N–H and O–H groups in total. The number of hydrogen-bond acceptors (Lipinski definition) is 1.